The van der Waals surface area contributed by atoms with Crippen LogP contribution < -0.4 is 24.3 Å². The van der Waals surface area contributed by atoms with Crippen LogP contribution in [-0.2, 0) is 4.79 Å². The molecule has 7 heteroatoms. The first-order valence-corrected chi connectivity index (χ1v) is 8.72. The Morgan fingerprint density at radius 2 is 1.41 bits per heavy atom. The fourth-order valence-electron chi connectivity index (χ4n) is 2.66. The number of ether oxygens (including phenoxy) is 4. The highest BCUT2D eigenvalue weighted by Crippen LogP contribution is 2.38. The van der Waals surface area contributed by atoms with E-state index in [0.29, 0.717) is 28.5 Å². The molecule has 0 saturated carbocycles. The molecule has 6 nitrogen and oxygen atoms in total. The van der Waals surface area contributed by atoms with E-state index in [9.17, 15) is 9.18 Å². The Bertz CT molecular complexity index is 912. The number of halogens is 1. The van der Waals surface area contributed by atoms with Gasteiger partial charge >= 0.3 is 0 Å². The summed E-state index contributed by atoms with van der Waals surface area (Å²) in [4.78, 5) is 11.1. The molecular weight excluding hydrogens is 377 g/mol. The molecule has 2 rings (SSSR count). The summed E-state index contributed by atoms with van der Waals surface area (Å²) in [5.74, 6) is 0.927. The zero-order valence-electron chi connectivity index (χ0n) is 17.0. The molecule has 0 aromatic heterocycles. The molecule has 2 aromatic carbocycles. The third kappa shape index (κ3) is 5.51. The summed E-state index contributed by atoms with van der Waals surface area (Å²) in [5.41, 5.74) is 1.77. The Kier molecular flexibility index (Phi) is 7.65. The summed E-state index contributed by atoms with van der Waals surface area (Å²) < 4.78 is 35.5. The minimum atomic E-state index is -0.529. The van der Waals surface area contributed by atoms with Gasteiger partial charge in [0.25, 0.3) is 0 Å². The maximum absolute atomic E-state index is 14.4. The van der Waals surface area contributed by atoms with Crippen molar-refractivity contribution in [2.75, 3.05) is 33.8 Å². The molecule has 154 valence electrons. The van der Waals surface area contributed by atoms with Gasteiger partial charge in [0.2, 0.25) is 5.75 Å². The average molecular weight is 401 g/mol. The minimum Gasteiger partial charge on any atom is -0.493 e. The Labute approximate surface area is 169 Å². The SMILES string of the molecule is COc1cc(/C=C\c2cc(F)c(OC)c(N/C=C\C(C)=O)c2)cc(OC)c1OC. The molecule has 0 aliphatic carbocycles. The topological polar surface area (TPSA) is 66.0 Å². The Hall–Kier alpha value is -3.48. The molecule has 2 aromatic rings. The van der Waals surface area contributed by atoms with Gasteiger partial charge in [-0.25, -0.2) is 4.39 Å². The third-order valence-corrected chi connectivity index (χ3v) is 3.98. The van der Waals surface area contributed by atoms with Crippen LogP contribution in [0.4, 0.5) is 10.1 Å². The lowest BCUT2D eigenvalue weighted by Crippen LogP contribution is -1.98. The lowest BCUT2D eigenvalue weighted by Gasteiger charge is -2.13. The Morgan fingerprint density at radius 3 is 1.90 bits per heavy atom. The van der Waals surface area contributed by atoms with E-state index in [1.54, 1.807) is 30.4 Å². The number of methoxy groups -OCH3 is 4. The van der Waals surface area contributed by atoms with Crippen molar-refractivity contribution >= 4 is 23.6 Å². The summed E-state index contributed by atoms with van der Waals surface area (Å²) in [7, 11) is 5.99. The smallest absolute Gasteiger partial charge is 0.203 e. The van der Waals surface area contributed by atoms with E-state index in [-0.39, 0.29) is 11.5 Å². The first kappa shape index (κ1) is 21.8. The van der Waals surface area contributed by atoms with Crippen molar-refractivity contribution in [3.63, 3.8) is 0 Å². The number of anilines is 1. The molecule has 1 N–H and O–H groups in total. The van der Waals surface area contributed by atoms with Crippen LogP contribution in [0, 0.1) is 5.82 Å². The monoisotopic (exact) mass is 401 g/mol. The van der Waals surface area contributed by atoms with Gasteiger partial charge in [0.1, 0.15) is 0 Å². The fraction of sp³-hybridized carbons (Fsp3) is 0.227. The quantitative estimate of drug-likeness (QED) is 0.491. The number of hydrogen-bond acceptors (Lipinski definition) is 6. The summed E-state index contributed by atoms with van der Waals surface area (Å²) in [6.07, 6.45) is 6.31. The van der Waals surface area contributed by atoms with Crippen LogP contribution in [0.2, 0.25) is 0 Å². The zero-order valence-corrected chi connectivity index (χ0v) is 17.0. The molecule has 0 aliphatic heterocycles. The van der Waals surface area contributed by atoms with Gasteiger partial charge in [0.15, 0.2) is 28.8 Å². The van der Waals surface area contributed by atoms with Gasteiger partial charge in [-0.2, -0.15) is 0 Å². The minimum absolute atomic E-state index is 0.0585. The first-order chi connectivity index (χ1) is 13.9. The summed E-state index contributed by atoms with van der Waals surface area (Å²) in [6, 6.07) is 6.63. The summed E-state index contributed by atoms with van der Waals surface area (Å²) in [6.45, 7) is 1.42. The standard InChI is InChI=1S/C22H24FNO5/c1-14(25)8-9-24-18-11-15(10-17(23)21(18)28-4)6-7-16-12-19(26-2)22(29-5)20(13-16)27-3/h6-13,24H,1-5H3/b7-6-,9-8-. The number of benzene rings is 2. The maximum Gasteiger partial charge on any atom is 0.203 e. The summed E-state index contributed by atoms with van der Waals surface area (Å²) in [5, 5.41) is 2.87. The number of nitrogens with one attached hydrogen (secondary N) is 1. The number of hydrogen-bond donors (Lipinski definition) is 1. The van der Waals surface area contributed by atoms with E-state index < -0.39 is 5.82 Å². The predicted molar refractivity (Wildman–Crippen MR) is 111 cm³/mol. The highest BCUT2D eigenvalue weighted by Gasteiger charge is 2.13. The largest absolute Gasteiger partial charge is 0.493 e. The van der Waals surface area contributed by atoms with Gasteiger partial charge in [-0.05, 0) is 48.4 Å². The second-order valence-electron chi connectivity index (χ2n) is 5.96. The van der Waals surface area contributed by atoms with Crippen molar-refractivity contribution in [2.45, 2.75) is 6.92 Å². The molecule has 0 radical (unpaired) electrons. The van der Waals surface area contributed by atoms with Gasteiger partial charge in [0.05, 0.1) is 34.1 Å². The molecule has 29 heavy (non-hydrogen) atoms. The van der Waals surface area contributed by atoms with E-state index in [4.69, 9.17) is 18.9 Å². The summed E-state index contributed by atoms with van der Waals surface area (Å²) >= 11 is 0. The number of ketones is 1. The van der Waals surface area contributed by atoms with E-state index in [0.717, 1.165) is 5.56 Å². The van der Waals surface area contributed by atoms with Crippen LogP contribution in [0.15, 0.2) is 36.5 Å². The number of carbonyl (C=O) groups is 1. The molecule has 0 fully saturated rings. The van der Waals surface area contributed by atoms with Gasteiger partial charge in [-0.1, -0.05) is 12.2 Å². The normalized spacial score (nSPS) is 11.0. The van der Waals surface area contributed by atoms with E-state index in [1.807, 2.05) is 0 Å². The first-order valence-electron chi connectivity index (χ1n) is 8.72. The average Bonchev–Trinajstić information content (AvgIpc) is 2.70. The van der Waals surface area contributed by atoms with Crippen molar-refractivity contribution in [2.24, 2.45) is 0 Å². The lowest BCUT2D eigenvalue weighted by atomic mass is 10.1. The van der Waals surface area contributed by atoms with Gasteiger partial charge < -0.3 is 24.3 Å². The van der Waals surface area contributed by atoms with Crippen molar-refractivity contribution < 1.29 is 28.1 Å². The van der Waals surface area contributed by atoms with Crippen LogP contribution in [0.25, 0.3) is 12.2 Å². The van der Waals surface area contributed by atoms with Gasteiger partial charge in [-0.3, -0.25) is 4.79 Å². The molecule has 0 amide bonds. The second-order valence-corrected chi connectivity index (χ2v) is 5.96. The highest BCUT2D eigenvalue weighted by atomic mass is 19.1. The number of allylic oxidation sites excluding steroid dienone is 1. The second kappa shape index (κ2) is 10.2. The Morgan fingerprint density at radius 1 is 0.862 bits per heavy atom. The molecule has 0 aliphatic rings. The number of rotatable bonds is 9. The molecule has 0 spiro atoms. The molecule has 0 atom stereocenters. The predicted octanol–water partition coefficient (Wildman–Crippen LogP) is 4.55. The van der Waals surface area contributed by atoms with Gasteiger partial charge in [0, 0.05) is 6.20 Å². The van der Waals surface area contributed by atoms with Crippen molar-refractivity contribution in [1.82, 2.24) is 0 Å². The lowest BCUT2D eigenvalue weighted by molar-refractivity contribution is -0.112. The maximum atomic E-state index is 14.4. The molecule has 0 heterocycles. The molecular formula is C22H24FNO5. The van der Waals surface area contributed by atoms with Crippen molar-refractivity contribution in [3.8, 4) is 23.0 Å². The van der Waals surface area contributed by atoms with Crippen LogP contribution in [0.3, 0.4) is 0 Å². The fourth-order valence-corrected chi connectivity index (χ4v) is 2.66. The van der Waals surface area contributed by atoms with Crippen LogP contribution >= 0.6 is 0 Å². The zero-order chi connectivity index (χ0) is 21.4. The molecule has 0 bridgehead atoms. The molecule has 0 saturated heterocycles. The van der Waals surface area contributed by atoms with Crippen LogP contribution in [0.1, 0.15) is 18.1 Å². The van der Waals surface area contributed by atoms with E-state index in [1.165, 1.54) is 53.7 Å². The van der Waals surface area contributed by atoms with Crippen molar-refractivity contribution in [1.29, 1.82) is 0 Å². The van der Waals surface area contributed by atoms with Crippen molar-refractivity contribution in [3.05, 3.63) is 53.5 Å². The van der Waals surface area contributed by atoms with Gasteiger partial charge in [-0.15, -0.1) is 0 Å². The van der Waals surface area contributed by atoms with Crippen LogP contribution in [-0.4, -0.2) is 34.2 Å². The van der Waals surface area contributed by atoms with E-state index in [2.05, 4.69) is 5.32 Å². The molecule has 0 unspecified atom stereocenters. The number of carbonyl (C=O) groups excluding carboxylic acids is 1. The van der Waals surface area contributed by atoms with Crippen LogP contribution in [0.5, 0.6) is 23.0 Å². The third-order valence-electron chi connectivity index (χ3n) is 3.98. The van der Waals surface area contributed by atoms with E-state index >= 15 is 0 Å². The Balaban J connectivity index is 2.39. The highest BCUT2D eigenvalue weighted by molar-refractivity contribution is 5.87.